The van der Waals surface area contributed by atoms with Crippen molar-refractivity contribution in [2.24, 2.45) is 0 Å². The molecule has 3 rings (SSSR count). The molecule has 2 aliphatic heterocycles. The summed E-state index contributed by atoms with van der Waals surface area (Å²) in [5, 5.41) is 11.6. The lowest BCUT2D eigenvalue weighted by molar-refractivity contribution is -0.131. The van der Waals surface area contributed by atoms with Crippen molar-refractivity contribution in [1.29, 1.82) is 0 Å². The molecule has 0 atom stereocenters. The van der Waals surface area contributed by atoms with Gasteiger partial charge in [0, 0.05) is 44.0 Å². The minimum atomic E-state index is -1.00. The second kappa shape index (κ2) is 8.88. The number of nitrogens with one attached hydrogen (secondary N) is 1. The Hall–Kier alpha value is -2.29. The molecule has 0 saturated carbocycles. The Bertz CT molecular complexity index is 686. The van der Waals surface area contributed by atoms with Crippen molar-refractivity contribution < 1.29 is 19.4 Å². The summed E-state index contributed by atoms with van der Waals surface area (Å²) in [7, 11) is 0. The molecule has 0 radical (unpaired) electrons. The number of pyridine rings is 1. The minimum absolute atomic E-state index is 0.0727. The van der Waals surface area contributed by atoms with E-state index < -0.39 is 5.97 Å². The zero-order valence-electron chi connectivity index (χ0n) is 14.7. The summed E-state index contributed by atoms with van der Waals surface area (Å²) in [5.74, 6) is -0.521. The van der Waals surface area contributed by atoms with E-state index in [0.717, 1.165) is 57.5 Å². The highest BCUT2D eigenvalue weighted by molar-refractivity contribution is 5.93. The molecule has 8 nitrogen and oxygen atoms in total. The Labute approximate surface area is 152 Å². The van der Waals surface area contributed by atoms with Crippen molar-refractivity contribution in [2.75, 3.05) is 51.3 Å². The fourth-order valence-electron chi connectivity index (χ4n) is 3.19. The van der Waals surface area contributed by atoms with E-state index in [9.17, 15) is 9.59 Å². The van der Waals surface area contributed by atoms with Crippen LogP contribution in [-0.2, 0) is 20.9 Å². The SMILES string of the molecule is O=C(O)/C=C/c1cnc2c(c1)CN(CCCN1CCOCC1)CC(=O)N2. The molecule has 2 aliphatic rings. The van der Waals surface area contributed by atoms with Gasteiger partial charge in [-0.2, -0.15) is 0 Å². The van der Waals surface area contributed by atoms with Crippen molar-refractivity contribution in [3.8, 4) is 0 Å². The molecule has 1 saturated heterocycles. The Morgan fingerprint density at radius 2 is 2.04 bits per heavy atom. The van der Waals surface area contributed by atoms with Crippen LogP contribution in [0.4, 0.5) is 5.82 Å². The first-order valence-corrected chi connectivity index (χ1v) is 8.82. The van der Waals surface area contributed by atoms with Gasteiger partial charge in [-0.25, -0.2) is 9.78 Å². The van der Waals surface area contributed by atoms with Gasteiger partial charge >= 0.3 is 5.97 Å². The molecule has 1 fully saturated rings. The quantitative estimate of drug-likeness (QED) is 0.720. The molecule has 0 bridgehead atoms. The number of carboxylic acids is 1. The van der Waals surface area contributed by atoms with Crippen LogP contribution in [0.2, 0.25) is 0 Å². The third kappa shape index (κ3) is 5.35. The van der Waals surface area contributed by atoms with Crippen molar-refractivity contribution in [3.63, 3.8) is 0 Å². The first kappa shape index (κ1) is 18.5. The van der Waals surface area contributed by atoms with Crippen LogP contribution in [0.25, 0.3) is 6.08 Å². The zero-order valence-corrected chi connectivity index (χ0v) is 14.7. The Morgan fingerprint density at radius 1 is 1.27 bits per heavy atom. The maximum atomic E-state index is 12.1. The molecule has 1 aromatic rings. The Morgan fingerprint density at radius 3 is 2.81 bits per heavy atom. The Kier molecular flexibility index (Phi) is 6.32. The van der Waals surface area contributed by atoms with Gasteiger partial charge in [0.2, 0.25) is 5.91 Å². The van der Waals surface area contributed by atoms with E-state index >= 15 is 0 Å². The van der Waals surface area contributed by atoms with E-state index in [0.29, 0.717) is 24.5 Å². The summed E-state index contributed by atoms with van der Waals surface area (Å²) < 4.78 is 5.36. The van der Waals surface area contributed by atoms with E-state index in [1.54, 1.807) is 6.20 Å². The Balaban J connectivity index is 1.61. The van der Waals surface area contributed by atoms with E-state index in [2.05, 4.69) is 20.1 Å². The first-order chi connectivity index (χ1) is 12.6. The molecular formula is C18H24N4O4. The van der Waals surface area contributed by atoms with Crippen molar-refractivity contribution in [1.82, 2.24) is 14.8 Å². The molecule has 1 amide bonds. The summed E-state index contributed by atoms with van der Waals surface area (Å²) in [6.07, 6.45) is 5.13. The van der Waals surface area contributed by atoms with Gasteiger partial charge in [0.05, 0.1) is 19.8 Å². The average molecular weight is 360 g/mol. The topological polar surface area (TPSA) is 95.0 Å². The number of hydrogen-bond donors (Lipinski definition) is 2. The normalized spacial score (nSPS) is 19.2. The second-order valence-corrected chi connectivity index (χ2v) is 6.51. The van der Waals surface area contributed by atoms with Crippen LogP contribution in [0.3, 0.4) is 0 Å². The predicted molar refractivity (Wildman–Crippen MR) is 96.7 cm³/mol. The fraction of sp³-hybridized carbons (Fsp3) is 0.500. The lowest BCUT2D eigenvalue weighted by atomic mass is 10.1. The van der Waals surface area contributed by atoms with Crippen LogP contribution in [0, 0.1) is 0 Å². The highest BCUT2D eigenvalue weighted by atomic mass is 16.5. The minimum Gasteiger partial charge on any atom is -0.478 e. The van der Waals surface area contributed by atoms with Gasteiger partial charge in [0.25, 0.3) is 0 Å². The standard InChI is InChI=1S/C18H24N4O4/c23-16-13-22(5-1-4-21-6-8-26-9-7-21)12-15-10-14(2-3-17(24)25)11-19-18(15)20-16/h2-3,10-11H,1,4-9,12-13H2,(H,24,25)(H,19,20,23)/b3-2+. The highest BCUT2D eigenvalue weighted by Gasteiger charge is 2.20. The maximum absolute atomic E-state index is 12.1. The van der Waals surface area contributed by atoms with Crippen molar-refractivity contribution in [2.45, 2.75) is 13.0 Å². The molecule has 0 aromatic carbocycles. The number of ether oxygens (including phenoxy) is 1. The highest BCUT2D eigenvalue weighted by Crippen LogP contribution is 2.20. The number of rotatable bonds is 6. The monoisotopic (exact) mass is 360 g/mol. The predicted octanol–water partition coefficient (Wildman–Crippen LogP) is 0.656. The number of amides is 1. The molecule has 8 heteroatoms. The number of carbonyl (C=O) groups excluding carboxylic acids is 1. The number of carboxylic acid groups (broad SMARTS) is 1. The van der Waals surface area contributed by atoms with E-state index in [1.165, 1.54) is 6.08 Å². The average Bonchev–Trinajstić information content (AvgIpc) is 2.78. The molecule has 0 unspecified atom stereocenters. The number of aliphatic carboxylic acids is 1. The van der Waals surface area contributed by atoms with Gasteiger partial charge in [-0.3, -0.25) is 14.6 Å². The van der Waals surface area contributed by atoms with E-state index in [1.807, 2.05) is 6.07 Å². The van der Waals surface area contributed by atoms with Crippen LogP contribution in [0.15, 0.2) is 18.3 Å². The molecule has 3 heterocycles. The van der Waals surface area contributed by atoms with Crippen molar-refractivity contribution in [3.05, 3.63) is 29.5 Å². The number of nitrogens with zero attached hydrogens (tertiary/aromatic N) is 3. The van der Waals surface area contributed by atoms with Gasteiger partial charge in [0.1, 0.15) is 5.82 Å². The molecule has 26 heavy (non-hydrogen) atoms. The lowest BCUT2D eigenvalue weighted by Gasteiger charge is -2.27. The fourth-order valence-corrected chi connectivity index (χ4v) is 3.19. The number of fused-ring (bicyclic) bond motifs is 1. The number of anilines is 1. The molecule has 1 aromatic heterocycles. The molecule has 140 valence electrons. The lowest BCUT2D eigenvalue weighted by Crippen LogP contribution is -2.38. The van der Waals surface area contributed by atoms with Gasteiger partial charge in [0.15, 0.2) is 0 Å². The summed E-state index contributed by atoms with van der Waals surface area (Å²) in [5.41, 5.74) is 1.60. The number of hydrogen-bond acceptors (Lipinski definition) is 6. The number of carbonyl (C=O) groups is 2. The second-order valence-electron chi connectivity index (χ2n) is 6.51. The van der Waals surface area contributed by atoms with Gasteiger partial charge < -0.3 is 15.2 Å². The largest absolute Gasteiger partial charge is 0.478 e. The number of aromatic nitrogens is 1. The summed E-state index contributed by atoms with van der Waals surface area (Å²) >= 11 is 0. The first-order valence-electron chi connectivity index (χ1n) is 8.82. The summed E-state index contributed by atoms with van der Waals surface area (Å²) in [6, 6.07) is 1.88. The molecular weight excluding hydrogens is 336 g/mol. The molecule has 0 aliphatic carbocycles. The van der Waals surface area contributed by atoms with E-state index in [4.69, 9.17) is 9.84 Å². The van der Waals surface area contributed by atoms with Crippen LogP contribution >= 0.6 is 0 Å². The van der Waals surface area contributed by atoms with Gasteiger partial charge in [-0.05, 0) is 30.7 Å². The smallest absolute Gasteiger partial charge is 0.328 e. The van der Waals surface area contributed by atoms with Crippen LogP contribution in [-0.4, -0.2) is 77.7 Å². The molecule has 2 N–H and O–H groups in total. The van der Waals surface area contributed by atoms with Crippen molar-refractivity contribution >= 4 is 23.8 Å². The van der Waals surface area contributed by atoms with Crippen LogP contribution in [0.5, 0.6) is 0 Å². The number of morpholine rings is 1. The molecule has 0 spiro atoms. The summed E-state index contributed by atoms with van der Waals surface area (Å²) in [6.45, 7) is 6.26. The summed E-state index contributed by atoms with van der Waals surface area (Å²) in [4.78, 5) is 31.5. The van der Waals surface area contributed by atoms with E-state index in [-0.39, 0.29) is 5.91 Å². The van der Waals surface area contributed by atoms with Crippen LogP contribution in [0.1, 0.15) is 17.5 Å². The van der Waals surface area contributed by atoms with Crippen LogP contribution < -0.4 is 5.32 Å². The zero-order chi connectivity index (χ0) is 18.4. The third-order valence-electron chi connectivity index (χ3n) is 4.48. The van der Waals surface area contributed by atoms with Gasteiger partial charge in [-0.15, -0.1) is 0 Å². The van der Waals surface area contributed by atoms with Gasteiger partial charge in [-0.1, -0.05) is 0 Å². The third-order valence-corrected chi connectivity index (χ3v) is 4.48. The maximum Gasteiger partial charge on any atom is 0.328 e.